The molecular weight excluding hydrogens is 514 g/mol. The van der Waals surface area contributed by atoms with Crippen molar-refractivity contribution in [3.63, 3.8) is 0 Å². The van der Waals surface area contributed by atoms with Crippen molar-refractivity contribution >= 4 is 17.8 Å². The van der Waals surface area contributed by atoms with Crippen LogP contribution in [0.3, 0.4) is 0 Å². The van der Waals surface area contributed by atoms with Gasteiger partial charge in [0.25, 0.3) is 0 Å². The number of hydrogen-bond acceptors (Lipinski definition) is 6. The van der Waals surface area contributed by atoms with E-state index in [0.717, 1.165) is 42.7 Å². The molecule has 2 amide bonds. The first-order valence-corrected chi connectivity index (χ1v) is 13.5. The van der Waals surface area contributed by atoms with Gasteiger partial charge in [-0.2, -0.15) is 0 Å². The smallest absolute Gasteiger partial charge is 0.407 e. The van der Waals surface area contributed by atoms with Gasteiger partial charge < -0.3 is 25.0 Å². The topological polar surface area (TPSA) is 125 Å². The Balaban J connectivity index is 1.73. The fourth-order valence-corrected chi connectivity index (χ4v) is 5.07. The molecular formula is C28H40F2N2O7. The van der Waals surface area contributed by atoms with Crippen molar-refractivity contribution < 1.29 is 42.9 Å². The van der Waals surface area contributed by atoms with Gasteiger partial charge in [-0.25, -0.2) is 13.6 Å². The molecule has 0 spiro atoms. The van der Waals surface area contributed by atoms with Gasteiger partial charge in [-0.05, 0) is 42.4 Å². The molecule has 2 fully saturated rings. The average Bonchev–Trinajstić information content (AvgIpc) is 3.39. The number of halogens is 2. The Morgan fingerprint density at radius 3 is 2.36 bits per heavy atom. The van der Waals surface area contributed by atoms with Crippen LogP contribution >= 0.6 is 0 Å². The number of aliphatic hydroxyl groups is 1. The maximum Gasteiger partial charge on any atom is 0.407 e. The van der Waals surface area contributed by atoms with Gasteiger partial charge in [0.05, 0.1) is 37.9 Å². The van der Waals surface area contributed by atoms with E-state index in [1.165, 1.54) is 0 Å². The molecule has 1 aromatic carbocycles. The number of ketones is 1. The maximum absolute atomic E-state index is 13.9. The SMILES string of the molecule is CC(C)(C)CO[C@H]1CN(C(=O)O)[C@@H]([C@@H](O)[C@H](Cc2cc(F)cc(F)c2)NC(=O)CCC(=O)C2CCCC2)CO1. The summed E-state index contributed by atoms with van der Waals surface area (Å²) in [4.78, 5) is 38.3. The molecule has 0 unspecified atom stereocenters. The lowest BCUT2D eigenvalue weighted by Crippen LogP contribution is -2.62. The fourth-order valence-electron chi connectivity index (χ4n) is 5.07. The van der Waals surface area contributed by atoms with Crippen molar-refractivity contribution in [2.45, 2.75) is 90.2 Å². The number of hydrogen-bond donors (Lipinski definition) is 3. The number of amides is 2. The second kappa shape index (κ2) is 13.6. The van der Waals surface area contributed by atoms with Crippen LogP contribution in [0.25, 0.3) is 0 Å². The number of ether oxygens (including phenoxy) is 2. The molecule has 0 aromatic heterocycles. The largest absolute Gasteiger partial charge is 0.465 e. The minimum absolute atomic E-state index is 0.0194. The number of benzene rings is 1. The number of carboxylic acid groups (broad SMARTS) is 1. The number of Topliss-reactive ketones (excluding diaryl/α,β-unsaturated/α-hetero) is 1. The van der Waals surface area contributed by atoms with Gasteiger partial charge in [-0.1, -0.05) is 33.6 Å². The Labute approximate surface area is 227 Å². The summed E-state index contributed by atoms with van der Waals surface area (Å²) in [5, 5.41) is 23.8. The Morgan fingerprint density at radius 1 is 1.13 bits per heavy atom. The van der Waals surface area contributed by atoms with Crippen LogP contribution in [0.1, 0.15) is 64.9 Å². The van der Waals surface area contributed by atoms with E-state index in [1.807, 2.05) is 20.8 Å². The Morgan fingerprint density at radius 2 is 1.77 bits per heavy atom. The van der Waals surface area contributed by atoms with Crippen molar-refractivity contribution in [3.8, 4) is 0 Å². The van der Waals surface area contributed by atoms with Crippen molar-refractivity contribution in [3.05, 3.63) is 35.4 Å². The predicted molar refractivity (Wildman–Crippen MR) is 138 cm³/mol. The number of carbonyl (C=O) groups is 3. The normalized spacial score (nSPS) is 21.9. The average molecular weight is 555 g/mol. The molecule has 39 heavy (non-hydrogen) atoms. The van der Waals surface area contributed by atoms with Gasteiger partial charge in [0.15, 0.2) is 6.29 Å². The first-order chi connectivity index (χ1) is 18.3. The standard InChI is InChI=1S/C28H40F2N2O7/c1-28(2,3)16-39-25-14-32(27(36)37)22(15-38-25)26(35)21(12-17-10-19(29)13-20(30)11-17)31-24(34)9-8-23(33)18-6-4-5-7-18/h10-11,13,18,21-22,25-26,35H,4-9,12,14-16H2,1-3H3,(H,31,34)(H,36,37)/t21-,22+,25-,26-/m0/s1. The van der Waals surface area contributed by atoms with Gasteiger partial charge in [-0.15, -0.1) is 0 Å². The maximum atomic E-state index is 13.9. The summed E-state index contributed by atoms with van der Waals surface area (Å²) in [6.07, 6.45) is -0.236. The number of morpholine rings is 1. The van der Waals surface area contributed by atoms with E-state index in [0.29, 0.717) is 12.7 Å². The van der Waals surface area contributed by atoms with Gasteiger partial charge in [0.2, 0.25) is 5.91 Å². The molecule has 2 aliphatic rings. The van der Waals surface area contributed by atoms with E-state index >= 15 is 0 Å². The highest BCUT2D eigenvalue weighted by Crippen LogP contribution is 2.27. The van der Waals surface area contributed by atoms with E-state index in [1.54, 1.807) is 0 Å². The van der Waals surface area contributed by atoms with Crippen LogP contribution in [0.15, 0.2) is 18.2 Å². The zero-order valence-corrected chi connectivity index (χ0v) is 22.8. The Bertz CT molecular complexity index is 990. The molecule has 218 valence electrons. The molecule has 3 N–H and O–H groups in total. The molecule has 1 saturated carbocycles. The van der Waals surface area contributed by atoms with E-state index in [4.69, 9.17) is 9.47 Å². The van der Waals surface area contributed by atoms with Crippen molar-refractivity contribution in [1.82, 2.24) is 10.2 Å². The first kappa shape index (κ1) is 30.9. The molecule has 9 nitrogen and oxygen atoms in total. The molecule has 0 bridgehead atoms. The summed E-state index contributed by atoms with van der Waals surface area (Å²) in [7, 11) is 0. The summed E-state index contributed by atoms with van der Waals surface area (Å²) >= 11 is 0. The molecule has 1 aliphatic carbocycles. The van der Waals surface area contributed by atoms with Crippen LogP contribution in [0.5, 0.6) is 0 Å². The number of nitrogens with one attached hydrogen (secondary N) is 1. The van der Waals surface area contributed by atoms with E-state index in [9.17, 15) is 33.4 Å². The Hall–Kier alpha value is -2.63. The highest BCUT2D eigenvalue weighted by molar-refractivity contribution is 5.86. The highest BCUT2D eigenvalue weighted by atomic mass is 19.1. The first-order valence-electron chi connectivity index (χ1n) is 13.5. The Kier molecular flexibility index (Phi) is 10.8. The van der Waals surface area contributed by atoms with Gasteiger partial charge in [-0.3, -0.25) is 14.5 Å². The van der Waals surface area contributed by atoms with Crippen LogP contribution < -0.4 is 5.32 Å². The molecule has 0 radical (unpaired) electrons. The zero-order valence-electron chi connectivity index (χ0n) is 22.8. The molecule has 1 aromatic rings. The third kappa shape index (κ3) is 9.51. The van der Waals surface area contributed by atoms with Gasteiger partial charge in [0.1, 0.15) is 17.4 Å². The predicted octanol–water partition coefficient (Wildman–Crippen LogP) is 3.66. The quantitative estimate of drug-likeness (QED) is 0.381. The summed E-state index contributed by atoms with van der Waals surface area (Å²) in [5.74, 6) is -2.18. The highest BCUT2D eigenvalue weighted by Gasteiger charge is 2.41. The molecule has 1 heterocycles. The van der Waals surface area contributed by atoms with E-state index < -0.39 is 48.1 Å². The van der Waals surface area contributed by atoms with E-state index in [-0.39, 0.29) is 55.1 Å². The molecule has 11 heteroatoms. The molecule has 3 rings (SSSR count). The van der Waals surface area contributed by atoms with Crippen LogP contribution in [0.2, 0.25) is 0 Å². The fraction of sp³-hybridized carbons (Fsp3) is 0.679. The second-order valence-corrected chi connectivity index (χ2v) is 11.7. The van der Waals surface area contributed by atoms with Gasteiger partial charge >= 0.3 is 6.09 Å². The third-order valence-corrected chi connectivity index (χ3v) is 7.09. The zero-order chi connectivity index (χ0) is 28.7. The monoisotopic (exact) mass is 554 g/mol. The third-order valence-electron chi connectivity index (χ3n) is 7.09. The van der Waals surface area contributed by atoms with E-state index in [2.05, 4.69) is 5.32 Å². The van der Waals surface area contributed by atoms with Crippen molar-refractivity contribution in [1.29, 1.82) is 0 Å². The summed E-state index contributed by atoms with van der Waals surface area (Å²) in [5.41, 5.74) is -0.00779. The van der Waals surface area contributed by atoms with Crippen LogP contribution in [-0.2, 0) is 25.5 Å². The lowest BCUT2D eigenvalue weighted by molar-refractivity contribution is -0.208. The number of carbonyl (C=O) groups excluding carboxylic acids is 2. The molecule has 1 aliphatic heterocycles. The van der Waals surface area contributed by atoms with Crippen LogP contribution in [0.4, 0.5) is 13.6 Å². The van der Waals surface area contributed by atoms with Crippen LogP contribution in [-0.4, -0.2) is 77.1 Å². The lowest BCUT2D eigenvalue weighted by atomic mass is 9.94. The molecule has 4 atom stereocenters. The van der Waals surface area contributed by atoms with Crippen LogP contribution in [0, 0.1) is 23.0 Å². The number of rotatable bonds is 11. The second-order valence-electron chi connectivity index (χ2n) is 11.7. The number of nitrogens with zero attached hydrogens (tertiary/aromatic N) is 1. The number of aliphatic hydroxyl groups excluding tert-OH is 1. The molecule has 1 saturated heterocycles. The van der Waals surface area contributed by atoms with Gasteiger partial charge in [0, 0.05) is 24.8 Å². The lowest BCUT2D eigenvalue weighted by Gasteiger charge is -2.42. The van der Waals surface area contributed by atoms with Crippen molar-refractivity contribution in [2.75, 3.05) is 19.8 Å². The summed E-state index contributed by atoms with van der Waals surface area (Å²) in [6, 6.07) is 0.687. The summed E-state index contributed by atoms with van der Waals surface area (Å²) in [6.45, 7) is 5.82. The minimum Gasteiger partial charge on any atom is -0.465 e. The minimum atomic E-state index is -1.48. The van der Waals surface area contributed by atoms with Crippen molar-refractivity contribution in [2.24, 2.45) is 11.3 Å². The summed E-state index contributed by atoms with van der Waals surface area (Å²) < 4.78 is 39.2.